The number of aromatic nitrogens is 1. The second kappa shape index (κ2) is 11.4. The third kappa shape index (κ3) is 5.44. The van der Waals surface area contributed by atoms with Crippen molar-refractivity contribution in [1.29, 1.82) is 0 Å². The normalized spacial score (nSPS) is 19.7. The molecule has 1 saturated heterocycles. The Balaban J connectivity index is 1.39. The van der Waals surface area contributed by atoms with E-state index in [0.29, 0.717) is 12.2 Å². The van der Waals surface area contributed by atoms with E-state index in [9.17, 15) is 14.4 Å². The monoisotopic (exact) mass is 527 g/mol. The van der Waals surface area contributed by atoms with Crippen molar-refractivity contribution >= 4 is 57.8 Å². The molecule has 0 saturated carbocycles. The minimum absolute atomic E-state index is 0.0926. The first-order valence-electron chi connectivity index (χ1n) is 11.1. The summed E-state index contributed by atoms with van der Waals surface area (Å²) in [5, 5.41) is 7.82. The average molecular weight is 528 g/mol. The van der Waals surface area contributed by atoms with Crippen LogP contribution in [0.5, 0.6) is 0 Å². The summed E-state index contributed by atoms with van der Waals surface area (Å²) in [4.78, 5) is 48.8. The lowest BCUT2D eigenvalue weighted by atomic mass is 10.0. The van der Waals surface area contributed by atoms with Crippen molar-refractivity contribution in [3.05, 3.63) is 64.3 Å². The van der Waals surface area contributed by atoms with Crippen LogP contribution in [0, 0.1) is 0 Å². The fourth-order valence-electron chi connectivity index (χ4n) is 3.69. The van der Waals surface area contributed by atoms with Gasteiger partial charge in [-0.25, -0.2) is 9.78 Å². The number of hydrogen-bond donors (Lipinski definition) is 2. The number of β-lactam (4-membered cyclic amide) rings is 1. The molecule has 2 aliphatic heterocycles. The highest BCUT2D eigenvalue weighted by Crippen LogP contribution is 2.38. The number of ether oxygens (including phenoxy) is 1. The molecule has 0 spiro atoms. The van der Waals surface area contributed by atoms with E-state index in [1.54, 1.807) is 11.5 Å². The molecule has 2 aliphatic rings. The summed E-state index contributed by atoms with van der Waals surface area (Å²) < 4.78 is 5.53. The Labute approximate surface area is 216 Å². The molecule has 2 atom stereocenters. The number of benzene rings is 1. The minimum Gasteiger partial charge on any atom is -0.456 e. The Morgan fingerprint density at radius 3 is 2.78 bits per heavy atom. The van der Waals surface area contributed by atoms with Gasteiger partial charge in [-0.2, -0.15) is 0 Å². The quantitative estimate of drug-likeness (QED) is 0.220. The van der Waals surface area contributed by atoms with E-state index in [1.807, 2.05) is 43.3 Å². The third-order valence-electron chi connectivity index (χ3n) is 5.52. The average Bonchev–Trinajstić information content (AvgIpc) is 3.33. The van der Waals surface area contributed by atoms with E-state index >= 15 is 0 Å². The summed E-state index contributed by atoms with van der Waals surface area (Å²) >= 11 is 2.59. The van der Waals surface area contributed by atoms with Crippen LogP contribution in [0.1, 0.15) is 24.6 Å². The van der Waals surface area contributed by atoms with Gasteiger partial charge in [-0.1, -0.05) is 48.5 Å². The lowest BCUT2D eigenvalue weighted by molar-refractivity contribution is -0.152. The largest absolute Gasteiger partial charge is 0.456 e. The molecule has 2 aromatic rings. The number of nitrogen functional groups attached to an aromatic ring is 1. The summed E-state index contributed by atoms with van der Waals surface area (Å²) in [5.74, 6) is -1.12. The molecule has 10 nitrogen and oxygen atoms in total. The summed E-state index contributed by atoms with van der Waals surface area (Å²) in [6, 6.07) is 8.94. The number of anilines is 1. The first-order valence-corrected chi connectivity index (χ1v) is 13.1. The molecule has 12 heteroatoms. The van der Waals surface area contributed by atoms with Crippen molar-refractivity contribution in [2.75, 3.05) is 25.2 Å². The van der Waals surface area contributed by atoms with Crippen LogP contribution in [0.25, 0.3) is 6.08 Å². The fourth-order valence-corrected chi connectivity index (χ4v) is 5.44. The Morgan fingerprint density at radius 2 is 2.11 bits per heavy atom. The van der Waals surface area contributed by atoms with Crippen LogP contribution >= 0.6 is 23.1 Å². The first kappa shape index (κ1) is 25.5. The van der Waals surface area contributed by atoms with Crippen LogP contribution in [-0.2, 0) is 24.0 Å². The summed E-state index contributed by atoms with van der Waals surface area (Å²) in [6.45, 7) is 2.11. The highest BCUT2D eigenvalue weighted by atomic mass is 32.2. The number of oxime groups is 1. The van der Waals surface area contributed by atoms with Gasteiger partial charge in [0.2, 0.25) is 0 Å². The van der Waals surface area contributed by atoms with Crippen LogP contribution in [0.2, 0.25) is 0 Å². The van der Waals surface area contributed by atoms with Crippen LogP contribution in [-0.4, -0.2) is 64.3 Å². The number of carbonyl (C=O) groups excluding carboxylic acids is 3. The Morgan fingerprint density at radius 1 is 1.33 bits per heavy atom. The number of thioether (sulfide) groups is 1. The van der Waals surface area contributed by atoms with Crippen LogP contribution in [0.3, 0.4) is 0 Å². The van der Waals surface area contributed by atoms with Gasteiger partial charge in [-0.05, 0) is 23.6 Å². The van der Waals surface area contributed by atoms with Crippen molar-refractivity contribution < 1.29 is 24.0 Å². The first-order chi connectivity index (χ1) is 17.4. The molecule has 0 bridgehead atoms. The molecule has 3 heterocycles. The molecule has 1 fully saturated rings. The van der Waals surface area contributed by atoms with Gasteiger partial charge in [0, 0.05) is 11.1 Å². The Kier molecular flexibility index (Phi) is 8.06. The van der Waals surface area contributed by atoms with Crippen molar-refractivity contribution in [3.8, 4) is 0 Å². The van der Waals surface area contributed by atoms with Gasteiger partial charge in [0.05, 0.1) is 0 Å². The standard InChI is InChI=1S/C24H25N5O5S2/c1-3-14(11-15-7-5-4-6-8-15)12-34-23(32)17-9-10-35-22-19(21(31)29(17)22)27-20(30)18(28-33-2)16-13-36-24(25)26-16/h4-9,11,13,19,22H,3,10,12H2,1-2H3,(H2,25,26)(H,27,30)/b14-11+,28-18-/t19?,22-/m1/s1. The number of amides is 2. The van der Waals surface area contributed by atoms with Gasteiger partial charge in [-0.15, -0.1) is 23.1 Å². The molecule has 0 radical (unpaired) electrons. The number of thiazole rings is 1. The van der Waals surface area contributed by atoms with E-state index in [1.165, 1.54) is 23.8 Å². The van der Waals surface area contributed by atoms with Crippen molar-refractivity contribution in [2.24, 2.45) is 5.16 Å². The SMILES string of the molecule is CC/C(=C\c1ccccc1)COC(=O)C1=CCS[C@@H]2C(NC(=O)/C(=N\OC)c3csc(N)n3)C(=O)N12. The lowest BCUT2D eigenvalue weighted by Gasteiger charge is -2.48. The Hall–Kier alpha value is -3.64. The van der Waals surface area contributed by atoms with Gasteiger partial charge in [-0.3, -0.25) is 14.5 Å². The maximum absolute atomic E-state index is 12.9. The maximum atomic E-state index is 12.9. The molecular formula is C24H25N5O5S2. The number of esters is 1. The molecule has 3 N–H and O–H groups in total. The van der Waals surface area contributed by atoms with Gasteiger partial charge in [0.25, 0.3) is 11.8 Å². The number of nitrogens with two attached hydrogens (primary N) is 1. The van der Waals surface area contributed by atoms with Gasteiger partial charge >= 0.3 is 5.97 Å². The van der Waals surface area contributed by atoms with Crippen LogP contribution in [0.15, 0.2) is 58.2 Å². The zero-order valence-corrected chi connectivity index (χ0v) is 21.3. The molecule has 1 aromatic carbocycles. The molecule has 0 aliphatic carbocycles. The number of fused-ring (bicyclic) bond motifs is 1. The lowest BCUT2D eigenvalue weighted by Crippen LogP contribution is -2.70. The maximum Gasteiger partial charge on any atom is 0.355 e. The van der Waals surface area contributed by atoms with Gasteiger partial charge in [0.15, 0.2) is 10.8 Å². The smallest absolute Gasteiger partial charge is 0.355 e. The number of carbonyl (C=O) groups is 3. The van der Waals surface area contributed by atoms with Crippen LogP contribution < -0.4 is 11.1 Å². The number of nitrogens with zero attached hydrogens (tertiary/aromatic N) is 3. The van der Waals surface area contributed by atoms with E-state index in [4.69, 9.17) is 15.3 Å². The fraction of sp³-hybridized carbons (Fsp3) is 0.292. The van der Waals surface area contributed by atoms with Crippen molar-refractivity contribution in [1.82, 2.24) is 15.2 Å². The second-order valence-corrected chi connectivity index (χ2v) is 9.85. The zero-order chi connectivity index (χ0) is 25.7. The zero-order valence-electron chi connectivity index (χ0n) is 19.7. The molecule has 1 unspecified atom stereocenters. The van der Waals surface area contributed by atoms with Crippen LogP contribution in [0.4, 0.5) is 5.13 Å². The predicted octanol–water partition coefficient (Wildman–Crippen LogP) is 2.40. The van der Waals surface area contributed by atoms with Crippen molar-refractivity contribution in [3.63, 3.8) is 0 Å². The third-order valence-corrected chi connectivity index (χ3v) is 7.37. The molecule has 188 valence electrons. The number of nitrogens with one attached hydrogen (secondary N) is 1. The predicted molar refractivity (Wildman–Crippen MR) is 139 cm³/mol. The summed E-state index contributed by atoms with van der Waals surface area (Å²) in [5.41, 5.74) is 7.96. The van der Waals surface area contributed by atoms with E-state index in [2.05, 4.69) is 15.5 Å². The highest BCUT2D eigenvalue weighted by molar-refractivity contribution is 8.00. The number of hydrogen-bond acceptors (Lipinski definition) is 10. The van der Waals surface area contributed by atoms with Gasteiger partial charge < -0.3 is 20.6 Å². The second-order valence-electron chi connectivity index (χ2n) is 7.81. The molecular weight excluding hydrogens is 502 g/mol. The van der Waals surface area contributed by atoms with E-state index < -0.39 is 29.2 Å². The molecule has 2 amide bonds. The summed E-state index contributed by atoms with van der Waals surface area (Å²) in [6.07, 6.45) is 4.37. The van der Waals surface area contributed by atoms with E-state index in [0.717, 1.165) is 22.5 Å². The van der Waals surface area contributed by atoms with E-state index in [-0.39, 0.29) is 28.8 Å². The highest BCUT2D eigenvalue weighted by Gasteiger charge is 2.53. The molecule has 4 rings (SSSR count). The Bertz CT molecular complexity index is 1240. The van der Waals surface area contributed by atoms with Gasteiger partial charge in [0.1, 0.15) is 36.5 Å². The number of rotatable bonds is 9. The summed E-state index contributed by atoms with van der Waals surface area (Å²) in [7, 11) is 1.30. The molecule has 1 aromatic heterocycles. The van der Waals surface area contributed by atoms with Crippen molar-refractivity contribution in [2.45, 2.75) is 24.8 Å². The minimum atomic E-state index is -0.832. The topological polar surface area (TPSA) is 136 Å². The molecule has 36 heavy (non-hydrogen) atoms.